The summed E-state index contributed by atoms with van der Waals surface area (Å²) in [5, 5.41) is 17.9. The molecule has 2 rings (SSSR count). The van der Waals surface area contributed by atoms with Gasteiger partial charge >= 0.3 is 6.03 Å². The minimum atomic E-state index is -0.658. The van der Waals surface area contributed by atoms with Gasteiger partial charge in [0.1, 0.15) is 11.0 Å². The lowest BCUT2D eigenvalue weighted by Crippen LogP contribution is -2.51. The van der Waals surface area contributed by atoms with Crippen molar-refractivity contribution in [2.75, 3.05) is 11.9 Å². The molecule has 2 unspecified atom stereocenters. The number of aromatic nitrogens is 2. The van der Waals surface area contributed by atoms with Gasteiger partial charge in [-0.2, -0.15) is 0 Å². The molecule has 1 aromatic heterocycles. The molecule has 2 atom stereocenters. The molecule has 1 heterocycles. The van der Waals surface area contributed by atoms with E-state index in [1.807, 2.05) is 32.9 Å². The Bertz CT molecular complexity index is 750. The second kappa shape index (κ2) is 9.49. The molecule has 140 valence electrons. The van der Waals surface area contributed by atoms with Crippen LogP contribution in [-0.2, 0) is 4.79 Å². The Morgan fingerprint density at radius 1 is 1.19 bits per heavy atom. The van der Waals surface area contributed by atoms with Gasteiger partial charge in [0.15, 0.2) is 0 Å². The van der Waals surface area contributed by atoms with Crippen LogP contribution in [0.15, 0.2) is 24.3 Å². The summed E-state index contributed by atoms with van der Waals surface area (Å²) in [7, 11) is 0. The summed E-state index contributed by atoms with van der Waals surface area (Å²) in [6.07, 6.45) is 0.747. The van der Waals surface area contributed by atoms with Crippen molar-refractivity contribution in [1.29, 1.82) is 0 Å². The quantitative estimate of drug-likeness (QED) is 0.668. The summed E-state index contributed by atoms with van der Waals surface area (Å²) in [6, 6.07) is 6.19. The normalized spacial score (nSPS) is 12.9. The van der Waals surface area contributed by atoms with Crippen molar-refractivity contribution in [3.05, 3.63) is 29.3 Å². The Kier molecular flexibility index (Phi) is 7.35. The zero-order valence-electron chi connectivity index (χ0n) is 14.9. The molecule has 0 bridgehead atoms. The minimum Gasteiger partial charge on any atom is -0.338 e. The fourth-order valence-electron chi connectivity index (χ4n) is 2.22. The number of rotatable bonds is 7. The van der Waals surface area contributed by atoms with Crippen LogP contribution in [0.25, 0.3) is 10.6 Å². The smallest absolute Gasteiger partial charge is 0.315 e. The molecule has 0 aliphatic heterocycles. The van der Waals surface area contributed by atoms with Gasteiger partial charge in [-0.1, -0.05) is 55.3 Å². The van der Waals surface area contributed by atoms with E-state index in [1.54, 1.807) is 12.1 Å². The van der Waals surface area contributed by atoms with Crippen LogP contribution in [0.1, 0.15) is 27.2 Å². The number of carbonyl (C=O) groups excluding carboxylic acids is 2. The van der Waals surface area contributed by atoms with Crippen molar-refractivity contribution in [2.45, 2.75) is 33.2 Å². The summed E-state index contributed by atoms with van der Waals surface area (Å²) >= 11 is 7.15. The first-order valence-corrected chi connectivity index (χ1v) is 9.58. The number of carbonyl (C=O) groups is 2. The van der Waals surface area contributed by atoms with E-state index in [1.165, 1.54) is 11.3 Å². The number of anilines is 1. The van der Waals surface area contributed by atoms with E-state index in [-0.39, 0.29) is 17.9 Å². The Balaban J connectivity index is 2.08. The number of hydrogen-bond acceptors (Lipinski definition) is 5. The minimum absolute atomic E-state index is 0.0266. The molecule has 3 amide bonds. The number of benzene rings is 1. The highest BCUT2D eigenvalue weighted by molar-refractivity contribution is 7.18. The van der Waals surface area contributed by atoms with Gasteiger partial charge in [-0.15, -0.1) is 10.2 Å². The van der Waals surface area contributed by atoms with E-state index in [2.05, 4.69) is 26.1 Å². The Morgan fingerprint density at radius 3 is 2.50 bits per heavy atom. The number of urea groups is 1. The van der Waals surface area contributed by atoms with E-state index >= 15 is 0 Å². The fourth-order valence-corrected chi connectivity index (χ4v) is 3.10. The Morgan fingerprint density at radius 2 is 1.88 bits per heavy atom. The molecule has 7 nitrogen and oxygen atoms in total. The highest BCUT2D eigenvalue weighted by atomic mass is 35.5. The molecule has 2 aromatic rings. The zero-order valence-corrected chi connectivity index (χ0v) is 16.4. The molecule has 3 N–H and O–H groups in total. The lowest BCUT2D eigenvalue weighted by Gasteiger charge is -2.22. The van der Waals surface area contributed by atoms with Crippen molar-refractivity contribution in [3.8, 4) is 10.6 Å². The lowest BCUT2D eigenvalue weighted by atomic mass is 9.98. The van der Waals surface area contributed by atoms with E-state index in [9.17, 15) is 9.59 Å². The van der Waals surface area contributed by atoms with Crippen molar-refractivity contribution in [2.24, 2.45) is 5.92 Å². The van der Waals surface area contributed by atoms with Crippen LogP contribution in [-0.4, -0.2) is 34.7 Å². The first-order chi connectivity index (χ1) is 12.4. The third kappa shape index (κ3) is 5.40. The maximum Gasteiger partial charge on any atom is 0.315 e. The van der Waals surface area contributed by atoms with E-state index in [0.717, 1.165) is 12.0 Å². The zero-order chi connectivity index (χ0) is 19.1. The molecule has 26 heavy (non-hydrogen) atoms. The number of nitrogens with one attached hydrogen (secondary N) is 3. The number of halogens is 1. The maximum absolute atomic E-state index is 12.6. The third-order valence-electron chi connectivity index (χ3n) is 3.87. The van der Waals surface area contributed by atoms with Gasteiger partial charge in [-0.3, -0.25) is 10.1 Å². The average molecular weight is 396 g/mol. The molecule has 0 saturated carbocycles. The summed E-state index contributed by atoms with van der Waals surface area (Å²) in [4.78, 5) is 24.4. The number of amides is 3. The molecule has 0 aliphatic rings. The molecule has 0 spiro atoms. The second-order valence-electron chi connectivity index (χ2n) is 5.78. The van der Waals surface area contributed by atoms with Crippen LogP contribution in [0.5, 0.6) is 0 Å². The van der Waals surface area contributed by atoms with Crippen molar-refractivity contribution in [3.63, 3.8) is 0 Å². The van der Waals surface area contributed by atoms with Crippen molar-refractivity contribution < 1.29 is 9.59 Å². The topological polar surface area (TPSA) is 96.0 Å². The largest absolute Gasteiger partial charge is 0.338 e. The fraction of sp³-hybridized carbons (Fsp3) is 0.412. The van der Waals surface area contributed by atoms with Crippen LogP contribution in [0.4, 0.5) is 9.93 Å². The molecule has 0 aliphatic carbocycles. The molecule has 0 fully saturated rings. The second-order valence-corrected chi connectivity index (χ2v) is 7.19. The Hall–Kier alpha value is -2.19. The van der Waals surface area contributed by atoms with Gasteiger partial charge in [-0.05, 0) is 25.0 Å². The van der Waals surface area contributed by atoms with Gasteiger partial charge in [-0.25, -0.2) is 4.79 Å². The number of hydrogen-bond donors (Lipinski definition) is 3. The first kappa shape index (κ1) is 20.1. The van der Waals surface area contributed by atoms with Crippen LogP contribution >= 0.6 is 22.9 Å². The summed E-state index contributed by atoms with van der Waals surface area (Å²) in [5.74, 6) is -0.342. The van der Waals surface area contributed by atoms with Crippen LogP contribution in [0.2, 0.25) is 5.02 Å². The predicted octanol–water partition coefficient (Wildman–Crippen LogP) is 3.53. The van der Waals surface area contributed by atoms with Gasteiger partial charge in [0.25, 0.3) is 0 Å². The third-order valence-corrected chi connectivity index (χ3v) is 5.01. The van der Waals surface area contributed by atoms with Gasteiger partial charge in [0.05, 0.1) is 0 Å². The molecule has 1 aromatic carbocycles. The average Bonchev–Trinajstić information content (AvgIpc) is 3.08. The molecule has 9 heteroatoms. The summed E-state index contributed by atoms with van der Waals surface area (Å²) < 4.78 is 0. The van der Waals surface area contributed by atoms with Crippen molar-refractivity contribution in [1.82, 2.24) is 20.8 Å². The molecular weight excluding hydrogens is 374 g/mol. The Labute approximate surface area is 161 Å². The van der Waals surface area contributed by atoms with Gasteiger partial charge in [0.2, 0.25) is 11.0 Å². The van der Waals surface area contributed by atoms with Crippen LogP contribution in [0, 0.1) is 5.92 Å². The molecular formula is C17H22ClN5O2S. The SMILES string of the molecule is CCNC(=O)NC(C(=O)Nc1nnc(-c2ccc(Cl)cc2)s1)C(C)CC. The highest BCUT2D eigenvalue weighted by Gasteiger charge is 2.26. The van der Waals surface area contributed by atoms with Crippen LogP contribution < -0.4 is 16.0 Å². The van der Waals surface area contributed by atoms with Gasteiger partial charge < -0.3 is 10.6 Å². The summed E-state index contributed by atoms with van der Waals surface area (Å²) in [6.45, 7) is 6.18. The maximum atomic E-state index is 12.6. The lowest BCUT2D eigenvalue weighted by molar-refractivity contribution is -0.119. The van der Waals surface area contributed by atoms with E-state index in [0.29, 0.717) is 21.7 Å². The number of nitrogens with zero attached hydrogens (tertiary/aromatic N) is 2. The monoisotopic (exact) mass is 395 g/mol. The summed E-state index contributed by atoms with van der Waals surface area (Å²) in [5.41, 5.74) is 0.867. The van der Waals surface area contributed by atoms with Gasteiger partial charge in [0, 0.05) is 17.1 Å². The first-order valence-electron chi connectivity index (χ1n) is 8.39. The van der Waals surface area contributed by atoms with Crippen molar-refractivity contribution >= 4 is 40.0 Å². The molecule has 0 radical (unpaired) electrons. The van der Waals surface area contributed by atoms with E-state index in [4.69, 9.17) is 11.6 Å². The van der Waals surface area contributed by atoms with E-state index < -0.39 is 6.04 Å². The molecule has 0 saturated heterocycles. The highest BCUT2D eigenvalue weighted by Crippen LogP contribution is 2.27. The van der Waals surface area contributed by atoms with Crippen LogP contribution in [0.3, 0.4) is 0 Å². The standard InChI is InChI=1S/C17H22ClN5O2S/c1-4-10(3)13(20-16(25)19-5-2)14(24)21-17-23-22-15(26-17)11-6-8-12(18)9-7-11/h6-10,13H,4-5H2,1-3H3,(H2,19,20,25)(H,21,23,24). The predicted molar refractivity (Wildman–Crippen MR) is 104 cm³/mol.